The number of benzene rings is 4. The van der Waals surface area contributed by atoms with Gasteiger partial charge < -0.3 is 43.2 Å². The van der Waals surface area contributed by atoms with Crippen LogP contribution in [0.2, 0.25) is 0 Å². The Hall–Kier alpha value is -5.67. The number of allylic oxidation sites excluding steroid dienone is 6. The summed E-state index contributed by atoms with van der Waals surface area (Å²) in [6.07, 6.45) is 11.1. The maximum Gasteiger partial charge on any atom is 0.0955 e. The number of ether oxygens (including phenoxy) is 8. The fourth-order valence-electron chi connectivity index (χ4n) is 13.6. The van der Waals surface area contributed by atoms with Crippen LogP contribution in [0, 0.1) is 21.7 Å². The van der Waals surface area contributed by atoms with Crippen LogP contribution in [-0.4, -0.2) is 96.4 Å². The molecule has 7 heterocycles. The van der Waals surface area contributed by atoms with Crippen molar-refractivity contribution in [3.05, 3.63) is 191 Å². The quantitative estimate of drug-likeness (QED) is 0.104. The van der Waals surface area contributed by atoms with E-state index >= 15 is 0 Å². The van der Waals surface area contributed by atoms with Crippen LogP contribution in [0.3, 0.4) is 0 Å². The van der Waals surface area contributed by atoms with Gasteiger partial charge in [0.2, 0.25) is 0 Å². The molecule has 3 fully saturated rings. The van der Waals surface area contributed by atoms with Crippen molar-refractivity contribution in [2.24, 2.45) is 36.6 Å². The summed E-state index contributed by atoms with van der Waals surface area (Å²) in [6.45, 7) is 29.2. The van der Waals surface area contributed by atoms with Crippen LogP contribution >= 0.6 is 0 Å². The van der Waals surface area contributed by atoms with Crippen molar-refractivity contribution >= 4 is 17.1 Å². The monoisotopic (exact) mass is 1170 g/mol. The molecule has 0 saturated carbocycles. The van der Waals surface area contributed by atoms with Crippen molar-refractivity contribution in [1.82, 2.24) is 5.32 Å². The first-order valence-electron chi connectivity index (χ1n) is 31.6. The number of nitrogens with zero attached hydrogens (tertiary/aromatic N) is 3. The lowest BCUT2D eigenvalue weighted by Crippen LogP contribution is -2.56. The van der Waals surface area contributed by atoms with Crippen molar-refractivity contribution in [2.75, 3.05) is 13.2 Å². The molecule has 0 amide bonds. The summed E-state index contributed by atoms with van der Waals surface area (Å²) in [4.78, 5) is 17.2. The Bertz CT molecular complexity index is 3220. The Morgan fingerprint density at radius 3 is 1.45 bits per heavy atom. The predicted molar refractivity (Wildman–Crippen MR) is 342 cm³/mol. The predicted octanol–water partition coefficient (Wildman–Crippen LogP) is 14.8. The minimum absolute atomic E-state index is 0.178. The van der Waals surface area contributed by atoms with Crippen LogP contribution < -0.4 is 5.32 Å². The van der Waals surface area contributed by atoms with E-state index in [1.54, 1.807) is 0 Å². The van der Waals surface area contributed by atoms with E-state index in [2.05, 4.69) is 210 Å². The summed E-state index contributed by atoms with van der Waals surface area (Å²) in [6, 6.07) is 41.3. The molecule has 11 rings (SSSR count). The van der Waals surface area contributed by atoms with Crippen molar-refractivity contribution in [3.63, 3.8) is 0 Å². The average molecular weight is 1170 g/mol. The van der Waals surface area contributed by atoms with Gasteiger partial charge in [-0.1, -0.05) is 149 Å². The normalized spacial score (nSPS) is 35.2. The van der Waals surface area contributed by atoms with Crippen LogP contribution in [0.4, 0.5) is 0 Å². The zero-order chi connectivity index (χ0) is 60.5. The molecule has 8 bridgehead atoms. The van der Waals surface area contributed by atoms with Crippen LogP contribution in [-0.2, 0) is 64.3 Å². The van der Waals surface area contributed by atoms with E-state index in [-0.39, 0.29) is 66.1 Å². The molecule has 0 aliphatic carbocycles. The number of fused-ring (bicyclic) bond motifs is 5. The molecule has 3 unspecified atom stereocenters. The lowest BCUT2D eigenvalue weighted by Gasteiger charge is -2.48. The Morgan fingerprint density at radius 2 is 0.953 bits per heavy atom. The number of rotatable bonds is 18. The lowest BCUT2D eigenvalue weighted by atomic mass is 9.71. The van der Waals surface area contributed by atoms with Crippen molar-refractivity contribution in [2.45, 2.75) is 214 Å². The van der Waals surface area contributed by atoms with Crippen molar-refractivity contribution in [1.29, 1.82) is 0 Å². The molecular weight excluding hydrogens is 1070 g/mol. The molecule has 13 atom stereocenters. The van der Waals surface area contributed by atoms with Gasteiger partial charge in [0.25, 0.3) is 0 Å². The minimum Gasteiger partial charge on any atom is -0.375 e. The second kappa shape index (κ2) is 25.4. The fraction of sp³-hybridized carbons (Fsp3) is 0.527. The zero-order valence-electron chi connectivity index (χ0n) is 53.1. The minimum atomic E-state index is -0.643. The van der Waals surface area contributed by atoms with Gasteiger partial charge in [0.05, 0.1) is 117 Å². The number of hydrogen-bond acceptors (Lipinski definition) is 12. The molecule has 4 aromatic carbocycles. The molecule has 4 aromatic rings. The van der Waals surface area contributed by atoms with Gasteiger partial charge in [-0.25, -0.2) is 0 Å². The molecule has 1 N–H and O–H groups in total. The highest BCUT2D eigenvalue weighted by atomic mass is 16.6. The van der Waals surface area contributed by atoms with Crippen LogP contribution in [0.15, 0.2) is 183 Å². The first-order valence-corrected chi connectivity index (χ1v) is 31.6. The third kappa shape index (κ3) is 14.4. The van der Waals surface area contributed by atoms with Crippen molar-refractivity contribution < 1.29 is 37.9 Å². The Kier molecular flexibility index (Phi) is 18.3. The largest absolute Gasteiger partial charge is 0.375 e. The van der Waals surface area contributed by atoms with Gasteiger partial charge in [0.15, 0.2) is 0 Å². The van der Waals surface area contributed by atoms with Gasteiger partial charge in [-0.15, -0.1) is 0 Å². The second-order valence-corrected chi connectivity index (χ2v) is 28.6. The highest BCUT2D eigenvalue weighted by molar-refractivity contribution is 6.07. The van der Waals surface area contributed by atoms with E-state index in [1.807, 2.05) is 24.3 Å². The Morgan fingerprint density at radius 1 is 0.500 bits per heavy atom. The molecule has 86 heavy (non-hydrogen) atoms. The Balaban J connectivity index is 0.997. The third-order valence-corrected chi connectivity index (χ3v) is 18.7. The summed E-state index contributed by atoms with van der Waals surface area (Å²) in [5, 5.41) is 4.02. The second-order valence-electron chi connectivity index (χ2n) is 28.6. The molecule has 12 nitrogen and oxygen atoms in total. The highest BCUT2D eigenvalue weighted by Crippen LogP contribution is 2.52. The van der Waals surface area contributed by atoms with Crippen LogP contribution in [0.25, 0.3) is 0 Å². The van der Waals surface area contributed by atoms with E-state index in [0.29, 0.717) is 78.2 Å². The number of aliphatic imine (C=N–C) groups is 3. The molecule has 7 aliphatic rings. The number of hydrogen-bond donors (Lipinski definition) is 1. The fourth-order valence-corrected chi connectivity index (χ4v) is 13.6. The van der Waals surface area contributed by atoms with E-state index < -0.39 is 21.7 Å². The lowest BCUT2D eigenvalue weighted by molar-refractivity contribution is -0.226. The van der Waals surface area contributed by atoms with Crippen LogP contribution in [0.5, 0.6) is 0 Å². The summed E-state index contributed by atoms with van der Waals surface area (Å²) < 4.78 is 56.0. The molecule has 0 aromatic heterocycles. The van der Waals surface area contributed by atoms with Gasteiger partial charge in [-0.3, -0.25) is 15.0 Å². The molecule has 12 heteroatoms. The summed E-state index contributed by atoms with van der Waals surface area (Å²) in [5.41, 5.74) is 8.52. The topological polar surface area (TPSA) is 123 Å². The van der Waals surface area contributed by atoms with E-state index in [1.165, 1.54) is 0 Å². The van der Waals surface area contributed by atoms with E-state index in [0.717, 1.165) is 62.2 Å². The summed E-state index contributed by atoms with van der Waals surface area (Å²) in [5.74, 6) is 0. The highest BCUT2D eigenvalue weighted by Gasteiger charge is 2.56. The molecule has 7 aliphatic heterocycles. The first-order chi connectivity index (χ1) is 41.0. The smallest absolute Gasteiger partial charge is 0.0955 e. The average Bonchev–Trinajstić information content (AvgIpc) is 1.61. The molecule has 458 valence electrons. The molecule has 0 spiro atoms. The van der Waals surface area contributed by atoms with Crippen LogP contribution in [0.1, 0.15) is 144 Å². The molecular formula is C74H94N4O8. The standard InChI is InChI=1S/C74H94N4O8/c1-49-59(79-43-51-25-17-13-18-26-51)36-61(81-45-53-29-21-15-22-30-53)67(85-49)73(11)41-56-33-55-39-72(10,48-84-70(6,7)8)64(75-55)38-66-74(12,42-58(78-66)34-63-71(9,47-83-69(3,4)5)40-57(76-63)35-65(73)77-56)68-62(82-46-54-31-23-16-24-32-54)37-60(50(2)86-68)80-44-52-27-19-14-20-28-52/h13-35,38,49-50,59-62,65,67-68,75H,36-37,39-48H2,1-12H3/b55-33-,57-35-,58-34-,64-38-/t49-,50-,59-,60-,61-,62-,65?,67-,68-,71?,72?,73+,74+/m1/s1. The van der Waals surface area contributed by atoms with Gasteiger partial charge in [0, 0.05) is 82.3 Å². The SMILES string of the molecule is C[C@H]1O[C@@H]([C@@]2(C)C/C3=C/C4=NC(=C\C5N=C(/C=C6/CC(C)(COC(C)(C)C)/C(=C/C2=N3)N6)C[C@]5(C)[C@@H]2O[C@H](C)[C@H](OCc3ccccc3)C[C@H]2OCc2ccccc2)/CC4(C)COC(C)(C)C)[C@H](OCc2ccccc2)C[C@H]1OCc1ccccc1. The maximum absolute atomic E-state index is 7.40. The summed E-state index contributed by atoms with van der Waals surface area (Å²) >= 11 is 0. The third-order valence-electron chi connectivity index (χ3n) is 18.7. The zero-order valence-corrected chi connectivity index (χ0v) is 53.1. The van der Waals surface area contributed by atoms with E-state index in [9.17, 15) is 0 Å². The van der Waals surface area contributed by atoms with Gasteiger partial charge in [-0.2, -0.15) is 0 Å². The Labute approximate surface area is 512 Å². The molecule has 0 radical (unpaired) electrons. The van der Waals surface area contributed by atoms with Crippen molar-refractivity contribution in [3.8, 4) is 0 Å². The van der Waals surface area contributed by atoms with E-state index in [4.69, 9.17) is 52.9 Å². The maximum atomic E-state index is 7.40. The summed E-state index contributed by atoms with van der Waals surface area (Å²) in [7, 11) is 0. The molecule has 3 saturated heterocycles. The number of nitrogens with one attached hydrogen (secondary N) is 1. The first kappa shape index (κ1) is 62.0. The van der Waals surface area contributed by atoms with Gasteiger partial charge in [-0.05, 0) is 108 Å². The van der Waals surface area contributed by atoms with Gasteiger partial charge in [0.1, 0.15) is 0 Å². The van der Waals surface area contributed by atoms with Gasteiger partial charge >= 0.3 is 0 Å².